The number of carbonyl (C=O) groups is 2. The molecule has 0 spiro atoms. The number of para-hydroxylation sites is 1. The lowest BCUT2D eigenvalue weighted by molar-refractivity contribution is -0.132. The van der Waals surface area contributed by atoms with Crippen molar-refractivity contribution in [2.75, 3.05) is 50.5 Å². The molecule has 10 heteroatoms. The Labute approximate surface area is 160 Å². The quantitative estimate of drug-likeness (QED) is 0.280. The molecule has 1 aromatic rings. The molecule has 27 heavy (non-hydrogen) atoms. The SMILES string of the molecule is CN(CC(=O)N1CCN(c2ccccc2/C=C/C(=O)NO)CC1)CS(=O)[O-]. The zero-order valence-corrected chi connectivity index (χ0v) is 15.9. The normalized spacial score (nSPS) is 16.0. The minimum absolute atomic E-state index is 0.0591. The molecule has 0 aromatic heterocycles. The van der Waals surface area contributed by atoms with Crippen molar-refractivity contribution in [3.05, 3.63) is 35.9 Å². The zero-order chi connectivity index (χ0) is 19.8. The minimum atomic E-state index is -2.21. The van der Waals surface area contributed by atoms with Gasteiger partial charge in [-0.3, -0.25) is 23.9 Å². The van der Waals surface area contributed by atoms with Crippen molar-refractivity contribution >= 4 is 34.7 Å². The second kappa shape index (κ2) is 10.2. The molecular weight excluding hydrogens is 372 g/mol. The van der Waals surface area contributed by atoms with Crippen molar-refractivity contribution in [3.8, 4) is 0 Å². The molecule has 1 aromatic carbocycles. The Kier molecular flexibility index (Phi) is 7.92. The fourth-order valence-corrected chi connectivity index (χ4v) is 3.32. The number of piperazine rings is 1. The summed E-state index contributed by atoms with van der Waals surface area (Å²) >= 11 is -2.21. The highest BCUT2D eigenvalue weighted by atomic mass is 32.2. The number of hydroxylamine groups is 1. The molecule has 2 amide bonds. The summed E-state index contributed by atoms with van der Waals surface area (Å²) in [5, 5.41) is 8.59. The van der Waals surface area contributed by atoms with Crippen LogP contribution in [0.25, 0.3) is 6.08 Å². The van der Waals surface area contributed by atoms with Crippen LogP contribution in [0.5, 0.6) is 0 Å². The van der Waals surface area contributed by atoms with Crippen molar-refractivity contribution in [3.63, 3.8) is 0 Å². The Morgan fingerprint density at radius 3 is 2.59 bits per heavy atom. The van der Waals surface area contributed by atoms with E-state index in [1.54, 1.807) is 23.5 Å². The van der Waals surface area contributed by atoms with Crippen LogP contribution in [-0.4, -0.2) is 81.2 Å². The van der Waals surface area contributed by atoms with E-state index in [-0.39, 0.29) is 18.3 Å². The number of nitrogens with zero attached hydrogens (tertiary/aromatic N) is 3. The van der Waals surface area contributed by atoms with E-state index in [2.05, 4.69) is 4.90 Å². The average molecular weight is 395 g/mol. The molecule has 148 valence electrons. The van der Waals surface area contributed by atoms with Crippen molar-refractivity contribution in [1.82, 2.24) is 15.3 Å². The first-order valence-corrected chi connectivity index (χ1v) is 9.63. The molecule has 2 N–H and O–H groups in total. The second-order valence-electron chi connectivity index (χ2n) is 6.18. The van der Waals surface area contributed by atoms with Crippen LogP contribution in [0.4, 0.5) is 5.69 Å². The monoisotopic (exact) mass is 395 g/mol. The van der Waals surface area contributed by atoms with Crippen molar-refractivity contribution in [2.24, 2.45) is 0 Å². The minimum Gasteiger partial charge on any atom is -0.771 e. The predicted octanol–water partition coefficient (Wildman–Crippen LogP) is -0.378. The summed E-state index contributed by atoms with van der Waals surface area (Å²) in [6.07, 6.45) is 2.87. The van der Waals surface area contributed by atoms with Gasteiger partial charge in [-0.05, 0) is 35.8 Å². The molecule has 1 fully saturated rings. The number of benzene rings is 1. The molecule has 2 rings (SSSR count). The Morgan fingerprint density at radius 2 is 1.96 bits per heavy atom. The summed E-state index contributed by atoms with van der Waals surface area (Å²) in [7, 11) is 1.59. The molecule has 1 aliphatic heterocycles. The van der Waals surface area contributed by atoms with Crippen LogP contribution in [0.2, 0.25) is 0 Å². The molecule has 0 bridgehead atoms. The average Bonchev–Trinajstić information content (AvgIpc) is 2.65. The largest absolute Gasteiger partial charge is 0.771 e. The Balaban J connectivity index is 1.96. The van der Waals surface area contributed by atoms with Gasteiger partial charge in [0.05, 0.1) is 12.4 Å². The summed E-state index contributed by atoms with van der Waals surface area (Å²) in [6.45, 7) is 2.37. The van der Waals surface area contributed by atoms with Crippen LogP contribution in [0.3, 0.4) is 0 Å². The lowest BCUT2D eigenvalue weighted by Gasteiger charge is -2.37. The fraction of sp³-hybridized carbons (Fsp3) is 0.412. The van der Waals surface area contributed by atoms with Crippen LogP contribution in [-0.2, 0) is 20.7 Å². The topological polar surface area (TPSA) is 116 Å². The number of rotatable bonds is 7. The van der Waals surface area contributed by atoms with E-state index in [1.165, 1.54) is 11.0 Å². The fourth-order valence-electron chi connectivity index (χ4n) is 2.87. The molecule has 9 nitrogen and oxygen atoms in total. The van der Waals surface area contributed by atoms with Gasteiger partial charge < -0.3 is 14.4 Å². The maximum atomic E-state index is 12.3. The summed E-state index contributed by atoms with van der Waals surface area (Å²) in [6, 6.07) is 7.56. The van der Waals surface area contributed by atoms with E-state index in [1.807, 2.05) is 24.3 Å². The van der Waals surface area contributed by atoms with E-state index in [4.69, 9.17) is 5.21 Å². The van der Waals surface area contributed by atoms with Gasteiger partial charge in [-0.2, -0.15) is 0 Å². The molecule has 1 saturated heterocycles. The van der Waals surface area contributed by atoms with E-state index >= 15 is 0 Å². The van der Waals surface area contributed by atoms with Crippen molar-refractivity contribution in [2.45, 2.75) is 0 Å². The molecule has 0 aliphatic carbocycles. The molecule has 0 radical (unpaired) electrons. The van der Waals surface area contributed by atoms with E-state index in [0.717, 1.165) is 11.3 Å². The lowest BCUT2D eigenvalue weighted by atomic mass is 10.1. The third-order valence-electron chi connectivity index (χ3n) is 4.17. The molecular formula is C17H23N4O5S-. The number of carbonyl (C=O) groups excluding carboxylic acids is 2. The van der Waals surface area contributed by atoms with Crippen molar-refractivity contribution < 1.29 is 23.6 Å². The highest BCUT2D eigenvalue weighted by Crippen LogP contribution is 2.23. The third kappa shape index (κ3) is 6.43. The second-order valence-corrected chi connectivity index (χ2v) is 7.05. The number of hydrogen-bond acceptors (Lipinski definition) is 7. The predicted molar refractivity (Wildman–Crippen MR) is 101 cm³/mol. The van der Waals surface area contributed by atoms with Gasteiger partial charge in [0.25, 0.3) is 5.91 Å². The van der Waals surface area contributed by atoms with Crippen molar-refractivity contribution in [1.29, 1.82) is 0 Å². The lowest BCUT2D eigenvalue weighted by Crippen LogP contribution is -2.51. The van der Waals surface area contributed by atoms with Gasteiger partial charge in [-0.1, -0.05) is 18.2 Å². The number of likely N-dealkylation sites (N-methyl/N-ethyl adjacent to an activating group) is 1. The van der Waals surface area contributed by atoms with E-state index in [0.29, 0.717) is 26.2 Å². The highest BCUT2D eigenvalue weighted by Gasteiger charge is 2.22. The highest BCUT2D eigenvalue weighted by molar-refractivity contribution is 7.79. The number of nitrogens with one attached hydrogen (secondary N) is 1. The maximum Gasteiger partial charge on any atom is 0.267 e. The first-order valence-electron chi connectivity index (χ1n) is 8.39. The first kappa shape index (κ1) is 21.0. The Morgan fingerprint density at radius 1 is 1.30 bits per heavy atom. The van der Waals surface area contributed by atoms with Gasteiger partial charge in [0.2, 0.25) is 5.91 Å². The zero-order valence-electron chi connectivity index (χ0n) is 15.0. The molecule has 1 heterocycles. The van der Waals surface area contributed by atoms with Crippen LogP contribution in [0.1, 0.15) is 5.56 Å². The Bertz CT molecular complexity index is 719. The summed E-state index contributed by atoms with van der Waals surface area (Å²) < 4.78 is 21.4. The number of anilines is 1. The Hall–Kier alpha value is -2.27. The maximum absolute atomic E-state index is 12.3. The van der Waals surface area contributed by atoms with Crippen LogP contribution in [0.15, 0.2) is 30.3 Å². The van der Waals surface area contributed by atoms with E-state index < -0.39 is 17.0 Å². The van der Waals surface area contributed by atoms with Gasteiger partial charge >= 0.3 is 0 Å². The van der Waals surface area contributed by atoms with Gasteiger partial charge in [0.1, 0.15) is 0 Å². The molecule has 1 unspecified atom stereocenters. The van der Waals surface area contributed by atoms with Crippen LogP contribution < -0.4 is 10.4 Å². The summed E-state index contributed by atoms with van der Waals surface area (Å²) in [5.41, 5.74) is 3.32. The van der Waals surface area contributed by atoms with Crippen LogP contribution >= 0.6 is 0 Å². The van der Waals surface area contributed by atoms with E-state index in [9.17, 15) is 18.4 Å². The smallest absolute Gasteiger partial charge is 0.267 e. The molecule has 1 atom stereocenters. The molecule has 0 saturated carbocycles. The third-order valence-corrected chi connectivity index (χ3v) is 4.82. The number of hydrogen-bond donors (Lipinski definition) is 2. The number of amides is 2. The summed E-state index contributed by atoms with van der Waals surface area (Å²) in [4.78, 5) is 28.8. The van der Waals surface area contributed by atoms with Crippen LogP contribution in [0, 0.1) is 0 Å². The molecule has 1 aliphatic rings. The van der Waals surface area contributed by atoms with Gasteiger partial charge in [-0.25, -0.2) is 5.48 Å². The first-order chi connectivity index (χ1) is 12.9. The standard InChI is InChI=1S/C17H24N4O5S/c1-19(13-27(25)26)12-17(23)21-10-8-20(9-11-21)15-5-3-2-4-14(15)6-7-16(22)18-24/h2-7,24H,8-13H2,1H3,(H,18,22)(H,25,26)/p-1/b7-6+. The van der Waals surface area contributed by atoms with Gasteiger partial charge in [0, 0.05) is 37.9 Å². The summed E-state index contributed by atoms with van der Waals surface area (Å²) in [5.74, 6) is -0.883. The van der Waals surface area contributed by atoms with Gasteiger partial charge in [-0.15, -0.1) is 0 Å². The van der Waals surface area contributed by atoms with Gasteiger partial charge in [0.15, 0.2) is 0 Å².